The van der Waals surface area contributed by atoms with Gasteiger partial charge in [-0.3, -0.25) is 14.5 Å². The number of cyclic esters (lactones) is 1. The number of hydrogen-bond donors (Lipinski definition) is 1. The van der Waals surface area contributed by atoms with Crippen molar-refractivity contribution in [3.63, 3.8) is 0 Å². The first kappa shape index (κ1) is 28.2. The van der Waals surface area contributed by atoms with Crippen LogP contribution in [0.4, 0.5) is 0 Å². The molecule has 0 aromatic heterocycles. The maximum atomic E-state index is 14.1. The number of fused-ring (bicyclic) bond motifs is 1. The molecule has 1 saturated heterocycles. The molecule has 0 radical (unpaired) electrons. The zero-order chi connectivity index (χ0) is 29.9. The summed E-state index contributed by atoms with van der Waals surface area (Å²) in [4.78, 5) is 53.8. The average Bonchev–Trinajstić information content (AvgIpc) is 3.35. The van der Waals surface area contributed by atoms with Crippen LogP contribution in [-0.2, 0) is 35.1 Å². The van der Waals surface area contributed by atoms with Crippen molar-refractivity contribution >= 4 is 35.5 Å². The molecule has 0 unspecified atom stereocenters. The molecule has 2 atom stereocenters. The number of carbonyl (C=O) groups excluding carboxylic acids is 4. The van der Waals surface area contributed by atoms with Crippen molar-refractivity contribution in [3.05, 3.63) is 142 Å². The molecule has 6 rings (SSSR count). The Hall–Kier alpha value is -4.89. The van der Waals surface area contributed by atoms with E-state index in [2.05, 4.69) is 5.32 Å². The number of thioether (sulfide) groups is 1. The van der Waals surface area contributed by atoms with Gasteiger partial charge in [-0.15, -0.1) is 11.8 Å². The summed E-state index contributed by atoms with van der Waals surface area (Å²) in [6, 6.07) is 27.2. The fraction of sp³-hybridized carbons (Fsp3) is 0.176. The molecule has 3 aromatic carbocycles. The van der Waals surface area contributed by atoms with Crippen LogP contribution in [0.3, 0.4) is 0 Å². The Morgan fingerprint density at radius 2 is 1.58 bits per heavy atom. The second kappa shape index (κ2) is 12.1. The Labute approximate surface area is 253 Å². The largest absolute Gasteiger partial charge is 0.448 e. The Bertz CT molecular complexity index is 1630. The maximum Gasteiger partial charge on any atom is 0.356 e. The number of nitrogens with one attached hydrogen (secondary N) is 1. The van der Waals surface area contributed by atoms with Crippen LogP contribution < -0.4 is 5.32 Å². The van der Waals surface area contributed by atoms with Crippen molar-refractivity contribution in [1.82, 2.24) is 10.2 Å². The molecule has 0 aliphatic carbocycles. The summed E-state index contributed by atoms with van der Waals surface area (Å²) in [5.41, 5.74) is 3.37. The lowest BCUT2D eigenvalue weighted by molar-refractivity contribution is -0.154. The normalized spacial score (nSPS) is 20.4. The topological polar surface area (TPSA) is 102 Å². The van der Waals surface area contributed by atoms with Crippen molar-refractivity contribution in [2.24, 2.45) is 0 Å². The van der Waals surface area contributed by atoms with Gasteiger partial charge in [-0.2, -0.15) is 0 Å². The Balaban J connectivity index is 1.30. The molecule has 1 fully saturated rings. The third-order valence-corrected chi connectivity index (χ3v) is 8.65. The number of benzene rings is 3. The SMILES string of the molecule is CC1=C/C(=C\C2=C(C(=O)OC(c3ccccc3)c3ccccc3)N3C(=O)[C@@H](NC(=O)Cc4ccccc4)[C@H]3SC2)OC1=O. The summed E-state index contributed by atoms with van der Waals surface area (Å²) in [6.07, 6.45) is 2.60. The van der Waals surface area contributed by atoms with Crippen LogP contribution in [-0.4, -0.2) is 45.8 Å². The highest BCUT2D eigenvalue weighted by Crippen LogP contribution is 2.42. The van der Waals surface area contributed by atoms with Gasteiger partial charge in [-0.1, -0.05) is 91.0 Å². The molecular formula is C34H28N2O6S. The lowest BCUT2D eigenvalue weighted by atomic mass is 10.00. The molecule has 3 aromatic rings. The molecule has 0 spiro atoms. The first-order valence-electron chi connectivity index (χ1n) is 13.8. The van der Waals surface area contributed by atoms with Gasteiger partial charge in [-0.25, -0.2) is 9.59 Å². The highest BCUT2D eigenvalue weighted by Gasteiger charge is 2.54. The van der Waals surface area contributed by atoms with E-state index in [1.165, 1.54) is 16.7 Å². The van der Waals surface area contributed by atoms with E-state index in [1.807, 2.05) is 91.0 Å². The molecule has 3 aliphatic rings. The first-order chi connectivity index (χ1) is 20.9. The smallest absolute Gasteiger partial charge is 0.356 e. The van der Waals surface area contributed by atoms with Crippen LogP contribution >= 0.6 is 11.8 Å². The van der Waals surface area contributed by atoms with E-state index in [0.717, 1.165) is 16.7 Å². The second-order valence-electron chi connectivity index (χ2n) is 10.4. The molecule has 8 nitrogen and oxygen atoms in total. The molecule has 0 bridgehead atoms. The highest BCUT2D eigenvalue weighted by atomic mass is 32.2. The molecule has 3 heterocycles. The summed E-state index contributed by atoms with van der Waals surface area (Å²) in [5, 5.41) is 2.35. The van der Waals surface area contributed by atoms with Gasteiger partial charge in [0.15, 0.2) is 6.10 Å². The summed E-state index contributed by atoms with van der Waals surface area (Å²) in [7, 11) is 0. The number of carbonyl (C=O) groups is 4. The van der Waals surface area contributed by atoms with E-state index in [4.69, 9.17) is 9.47 Å². The minimum absolute atomic E-state index is 0.0701. The zero-order valence-electron chi connectivity index (χ0n) is 23.3. The fourth-order valence-corrected chi connectivity index (χ4v) is 6.53. The fourth-order valence-electron chi connectivity index (χ4n) is 5.23. The maximum absolute atomic E-state index is 14.1. The molecular weight excluding hydrogens is 564 g/mol. The quantitative estimate of drug-likeness (QED) is 0.301. The molecule has 1 N–H and O–H groups in total. The zero-order valence-corrected chi connectivity index (χ0v) is 24.1. The number of ether oxygens (including phenoxy) is 2. The van der Waals surface area contributed by atoms with E-state index in [-0.39, 0.29) is 23.8 Å². The summed E-state index contributed by atoms with van der Waals surface area (Å²) in [5.74, 6) is -1.23. The van der Waals surface area contributed by atoms with Crippen molar-refractivity contribution in [2.75, 3.05) is 5.75 Å². The Morgan fingerprint density at radius 3 is 2.16 bits per heavy atom. The van der Waals surface area contributed by atoms with Crippen molar-refractivity contribution < 1.29 is 28.7 Å². The van der Waals surface area contributed by atoms with Crippen molar-refractivity contribution in [1.29, 1.82) is 0 Å². The van der Waals surface area contributed by atoms with Crippen LogP contribution in [0.15, 0.2) is 126 Å². The highest BCUT2D eigenvalue weighted by molar-refractivity contribution is 8.00. The Kier molecular flexibility index (Phi) is 7.98. The molecule has 216 valence electrons. The number of esters is 2. The lowest BCUT2D eigenvalue weighted by Gasteiger charge is -2.49. The molecule has 43 heavy (non-hydrogen) atoms. The predicted octanol–water partition coefficient (Wildman–Crippen LogP) is 4.60. The molecule has 3 aliphatic heterocycles. The van der Waals surface area contributed by atoms with Gasteiger partial charge in [0.05, 0.1) is 6.42 Å². The van der Waals surface area contributed by atoms with E-state index in [1.54, 1.807) is 19.1 Å². The Morgan fingerprint density at radius 1 is 0.977 bits per heavy atom. The van der Waals surface area contributed by atoms with E-state index in [9.17, 15) is 19.2 Å². The van der Waals surface area contributed by atoms with E-state index < -0.39 is 35.4 Å². The summed E-state index contributed by atoms with van der Waals surface area (Å²) in [6.45, 7) is 1.64. The van der Waals surface area contributed by atoms with Crippen LogP contribution in [0.25, 0.3) is 0 Å². The van der Waals surface area contributed by atoms with Crippen LogP contribution in [0.1, 0.15) is 29.7 Å². The van der Waals surface area contributed by atoms with Gasteiger partial charge < -0.3 is 14.8 Å². The number of nitrogens with zero attached hydrogens (tertiary/aromatic N) is 1. The van der Waals surface area contributed by atoms with Crippen molar-refractivity contribution in [3.8, 4) is 0 Å². The number of hydrogen-bond acceptors (Lipinski definition) is 7. The minimum atomic E-state index is -0.788. The molecule has 9 heteroatoms. The summed E-state index contributed by atoms with van der Waals surface area (Å²) < 4.78 is 11.5. The van der Waals surface area contributed by atoms with Gasteiger partial charge in [0.25, 0.3) is 5.91 Å². The predicted molar refractivity (Wildman–Crippen MR) is 161 cm³/mol. The van der Waals surface area contributed by atoms with Gasteiger partial charge in [0.2, 0.25) is 5.91 Å². The second-order valence-corrected chi connectivity index (χ2v) is 11.5. The first-order valence-corrected chi connectivity index (χ1v) is 14.9. The van der Waals surface area contributed by atoms with E-state index >= 15 is 0 Å². The number of β-lactam (4-membered cyclic amide) rings is 1. The minimum Gasteiger partial charge on any atom is -0.448 e. The lowest BCUT2D eigenvalue weighted by Crippen LogP contribution is -2.70. The van der Waals surface area contributed by atoms with Gasteiger partial charge in [0, 0.05) is 11.3 Å². The standard InChI is InChI=1S/C34H28N2O6S/c1-21-17-26(41-33(21)39)19-25-20-43-32-28(35-27(37)18-22-11-5-2-6-12-22)31(38)36(32)29(25)34(40)42-30(23-13-7-3-8-14-23)24-15-9-4-10-16-24/h2-17,19,28,30,32H,18,20H2,1H3,(H,35,37)/b26-19+/t28-,32-/m1/s1. The van der Waals surface area contributed by atoms with Gasteiger partial charge in [0.1, 0.15) is 22.9 Å². The van der Waals surface area contributed by atoms with Gasteiger partial charge >= 0.3 is 11.9 Å². The van der Waals surface area contributed by atoms with E-state index in [0.29, 0.717) is 16.9 Å². The third-order valence-electron chi connectivity index (χ3n) is 7.35. The van der Waals surface area contributed by atoms with Crippen LogP contribution in [0.2, 0.25) is 0 Å². The average molecular weight is 593 g/mol. The number of amides is 2. The monoisotopic (exact) mass is 592 g/mol. The third kappa shape index (κ3) is 5.89. The summed E-state index contributed by atoms with van der Waals surface area (Å²) >= 11 is 1.42. The van der Waals surface area contributed by atoms with Crippen LogP contribution in [0, 0.1) is 0 Å². The van der Waals surface area contributed by atoms with Crippen LogP contribution in [0.5, 0.6) is 0 Å². The number of allylic oxidation sites excluding steroid dienone is 2. The van der Waals surface area contributed by atoms with Crippen molar-refractivity contribution in [2.45, 2.75) is 30.9 Å². The molecule has 2 amide bonds. The van der Waals surface area contributed by atoms with Gasteiger partial charge in [-0.05, 0) is 41.3 Å². The number of rotatable bonds is 8. The molecule has 0 saturated carbocycles.